The first-order chi connectivity index (χ1) is 7.93. The molecule has 1 rings (SSSR count). The molecule has 0 aliphatic heterocycles. The summed E-state index contributed by atoms with van der Waals surface area (Å²) < 4.78 is 24.9. The third kappa shape index (κ3) is 3.07. The zero-order chi connectivity index (χ0) is 13.1. The highest BCUT2D eigenvalue weighted by molar-refractivity contribution is 7.92. The maximum absolute atomic E-state index is 12.5. The van der Waals surface area contributed by atoms with Crippen molar-refractivity contribution >= 4 is 9.84 Å². The predicted molar refractivity (Wildman–Crippen MR) is 70.9 cm³/mol. The van der Waals surface area contributed by atoms with E-state index in [9.17, 15) is 8.42 Å². The van der Waals surface area contributed by atoms with Crippen molar-refractivity contribution in [2.45, 2.75) is 43.8 Å². The van der Waals surface area contributed by atoms with Crippen LogP contribution in [0.4, 0.5) is 0 Å². The lowest BCUT2D eigenvalue weighted by molar-refractivity contribution is 0.567. The summed E-state index contributed by atoms with van der Waals surface area (Å²) in [7, 11) is -3.25. The third-order valence-electron chi connectivity index (χ3n) is 3.03. The fourth-order valence-corrected chi connectivity index (χ4v) is 4.07. The van der Waals surface area contributed by atoms with Gasteiger partial charge in [0.15, 0.2) is 9.84 Å². The smallest absolute Gasteiger partial charge is 0.181 e. The van der Waals surface area contributed by atoms with E-state index in [2.05, 4.69) is 0 Å². The standard InChI is InChI=1S/C13H21NO2S/c1-4-12(7-8-14)17(15,16)13-9-10(2)5-6-11(13)3/h5-6,9,12H,4,7-8,14H2,1-3H3. The monoisotopic (exact) mass is 255 g/mol. The largest absolute Gasteiger partial charge is 0.330 e. The SMILES string of the molecule is CCC(CCN)S(=O)(=O)c1cc(C)ccc1C. The second-order valence-corrected chi connectivity index (χ2v) is 6.62. The van der Waals surface area contributed by atoms with Crippen LogP contribution in [0, 0.1) is 13.8 Å². The first-order valence-electron chi connectivity index (χ1n) is 5.94. The molecule has 4 heteroatoms. The van der Waals surface area contributed by atoms with Crippen LogP contribution in [0.25, 0.3) is 0 Å². The summed E-state index contributed by atoms with van der Waals surface area (Å²) in [6.45, 7) is 6.04. The Labute approximate surface area is 104 Å². The Kier molecular flexibility index (Phi) is 4.71. The normalized spacial score (nSPS) is 13.6. The number of rotatable bonds is 5. The molecular weight excluding hydrogens is 234 g/mol. The topological polar surface area (TPSA) is 60.2 Å². The molecule has 0 radical (unpaired) electrons. The van der Waals surface area contributed by atoms with Crippen molar-refractivity contribution in [3.8, 4) is 0 Å². The van der Waals surface area contributed by atoms with Gasteiger partial charge in [0, 0.05) is 0 Å². The van der Waals surface area contributed by atoms with Crippen molar-refractivity contribution < 1.29 is 8.42 Å². The lowest BCUT2D eigenvalue weighted by atomic mass is 10.2. The summed E-state index contributed by atoms with van der Waals surface area (Å²) in [4.78, 5) is 0.456. The second kappa shape index (κ2) is 5.65. The van der Waals surface area contributed by atoms with Crippen LogP contribution in [-0.2, 0) is 9.84 Å². The van der Waals surface area contributed by atoms with E-state index in [0.717, 1.165) is 11.1 Å². The summed E-state index contributed by atoms with van der Waals surface area (Å²) >= 11 is 0. The van der Waals surface area contributed by atoms with Crippen LogP contribution in [0.5, 0.6) is 0 Å². The molecule has 0 saturated heterocycles. The van der Waals surface area contributed by atoms with Crippen LogP contribution in [0.2, 0.25) is 0 Å². The minimum Gasteiger partial charge on any atom is -0.330 e. The Hall–Kier alpha value is -0.870. The molecule has 1 aromatic rings. The summed E-state index contributed by atoms with van der Waals surface area (Å²) in [6.07, 6.45) is 1.12. The van der Waals surface area contributed by atoms with Crippen LogP contribution in [-0.4, -0.2) is 20.2 Å². The average Bonchev–Trinajstić information content (AvgIpc) is 2.28. The van der Waals surface area contributed by atoms with Gasteiger partial charge in [-0.2, -0.15) is 0 Å². The van der Waals surface area contributed by atoms with Crippen molar-refractivity contribution in [3.05, 3.63) is 29.3 Å². The molecule has 1 unspecified atom stereocenters. The number of nitrogens with two attached hydrogens (primary N) is 1. The van der Waals surface area contributed by atoms with Crippen LogP contribution < -0.4 is 5.73 Å². The molecule has 17 heavy (non-hydrogen) atoms. The Bertz CT molecular complexity index is 480. The molecule has 0 amide bonds. The predicted octanol–water partition coefficient (Wildman–Crippen LogP) is 2.20. The van der Waals surface area contributed by atoms with Crippen molar-refractivity contribution in [1.29, 1.82) is 0 Å². The fraction of sp³-hybridized carbons (Fsp3) is 0.538. The zero-order valence-electron chi connectivity index (χ0n) is 10.7. The highest BCUT2D eigenvalue weighted by atomic mass is 32.2. The van der Waals surface area contributed by atoms with E-state index in [-0.39, 0.29) is 5.25 Å². The van der Waals surface area contributed by atoms with Gasteiger partial charge in [-0.25, -0.2) is 8.42 Å². The molecule has 2 N–H and O–H groups in total. The van der Waals surface area contributed by atoms with Gasteiger partial charge in [-0.3, -0.25) is 0 Å². The van der Waals surface area contributed by atoms with Gasteiger partial charge in [-0.15, -0.1) is 0 Å². The first-order valence-corrected chi connectivity index (χ1v) is 7.49. The Morgan fingerprint density at radius 2 is 1.94 bits per heavy atom. The molecule has 1 atom stereocenters. The third-order valence-corrected chi connectivity index (χ3v) is 5.53. The van der Waals surface area contributed by atoms with Crippen LogP contribution >= 0.6 is 0 Å². The molecule has 0 spiro atoms. The van der Waals surface area contributed by atoms with E-state index < -0.39 is 9.84 Å². The van der Waals surface area contributed by atoms with E-state index >= 15 is 0 Å². The minimum absolute atomic E-state index is 0.368. The number of hydrogen-bond acceptors (Lipinski definition) is 3. The van der Waals surface area contributed by atoms with Crippen molar-refractivity contribution in [2.75, 3.05) is 6.54 Å². The maximum atomic E-state index is 12.5. The number of aryl methyl sites for hydroxylation is 2. The zero-order valence-corrected chi connectivity index (χ0v) is 11.5. The number of sulfone groups is 1. The highest BCUT2D eigenvalue weighted by Gasteiger charge is 2.26. The van der Waals surface area contributed by atoms with Gasteiger partial charge in [0.2, 0.25) is 0 Å². The number of hydrogen-bond donors (Lipinski definition) is 1. The molecule has 3 nitrogen and oxygen atoms in total. The van der Waals surface area contributed by atoms with E-state index in [1.54, 1.807) is 6.07 Å². The van der Waals surface area contributed by atoms with Gasteiger partial charge < -0.3 is 5.73 Å². The average molecular weight is 255 g/mol. The summed E-state index contributed by atoms with van der Waals surface area (Å²) in [6, 6.07) is 5.54. The van der Waals surface area contributed by atoms with Crippen LogP contribution in [0.3, 0.4) is 0 Å². The fourth-order valence-electron chi connectivity index (χ4n) is 1.96. The van der Waals surface area contributed by atoms with Gasteiger partial charge in [0.1, 0.15) is 0 Å². The van der Waals surface area contributed by atoms with Crippen LogP contribution in [0.15, 0.2) is 23.1 Å². The Morgan fingerprint density at radius 3 is 2.47 bits per heavy atom. The van der Waals surface area contributed by atoms with Gasteiger partial charge >= 0.3 is 0 Å². The molecule has 0 heterocycles. The van der Waals surface area contributed by atoms with Gasteiger partial charge in [-0.1, -0.05) is 19.1 Å². The Balaban J connectivity index is 3.24. The molecular formula is C13H21NO2S. The lowest BCUT2D eigenvalue weighted by Crippen LogP contribution is -2.24. The molecule has 0 aliphatic rings. The first kappa shape index (κ1) is 14.2. The van der Waals surface area contributed by atoms with Crippen LogP contribution in [0.1, 0.15) is 30.9 Å². The molecule has 0 saturated carbocycles. The van der Waals surface area contributed by atoms with E-state index in [4.69, 9.17) is 5.73 Å². The maximum Gasteiger partial charge on any atom is 0.181 e. The van der Waals surface area contributed by atoms with Crippen molar-refractivity contribution in [2.24, 2.45) is 5.73 Å². The van der Waals surface area contributed by atoms with E-state index in [1.165, 1.54) is 0 Å². The summed E-state index contributed by atoms with van der Waals surface area (Å²) in [5, 5.41) is -0.368. The summed E-state index contributed by atoms with van der Waals surface area (Å²) in [5.74, 6) is 0. The minimum atomic E-state index is -3.25. The number of benzene rings is 1. The van der Waals surface area contributed by atoms with E-state index in [0.29, 0.717) is 24.3 Å². The van der Waals surface area contributed by atoms with E-state index in [1.807, 2.05) is 32.9 Å². The molecule has 96 valence electrons. The molecule has 0 bridgehead atoms. The van der Waals surface area contributed by atoms with Gasteiger partial charge in [0.05, 0.1) is 10.1 Å². The summed E-state index contributed by atoms with van der Waals surface area (Å²) in [5.41, 5.74) is 7.26. The second-order valence-electron chi connectivity index (χ2n) is 4.42. The molecule has 0 aromatic heterocycles. The quantitative estimate of drug-likeness (QED) is 0.877. The molecule has 0 aliphatic carbocycles. The van der Waals surface area contributed by atoms with Gasteiger partial charge in [-0.05, 0) is 50.4 Å². The molecule has 1 aromatic carbocycles. The molecule has 0 fully saturated rings. The highest BCUT2D eigenvalue weighted by Crippen LogP contribution is 2.24. The lowest BCUT2D eigenvalue weighted by Gasteiger charge is -2.17. The van der Waals surface area contributed by atoms with Gasteiger partial charge in [0.25, 0.3) is 0 Å². The van der Waals surface area contributed by atoms with Crippen molar-refractivity contribution in [3.63, 3.8) is 0 Å². The van der Waals surface area contributed by atoms with Crippen molar-refractivity contribution in [1.82, 2.24) is 0 Å². The Morgan fingerprint density at radius 1 is 1.29 bits per heavy atom.